The second kappa shape index (κ2) is 9.78. The zero-order valence-electron chi connectivity index (χ0n) is 18.6. The molecule has 8 heteroatoms. The Hall–Kier alpha value is -2.79. The molecule has 2 aromatic carbocycles. The van der Waals surface area contributed by atoms with Crippen LogP contribution in [-0.2, 0) is 20.7 Å². The van der Waals surface area contributed by atoms with Gasteiger partial charge in [-0.1, -0.05) is 54.1 Å². The van der Waals surface area contributed by atoms with Gasteiger partial charge in [0.2, 0.25) is 0 Å². The van der Waals surface area contributed by atoms with Crippen LogP contribution in [0.15, 0.2) is 54.0 Å². The quantitative estimate of drug-likeness (QED) is 0.613. The van der Waals surface area contributed by atoms with Crippen LogP contribution in [0.5, 0.6) is 0 Å². The number of nitrogens with zero attached hydrogens (tertiary/aromatic N) is 1. The van der Waals surface area contributed by atoms with Crippen LogP contribution in [0.4, 0.5) is 4.79 Å². The number of amides is 1. The van der Waals surface area contributed by atoms with Crippen molar-refractivity contribution >= 4 is 30.9 Å². The summed E-state index contributed by atoms with van der Waals surface area (Å²) in [5, 5.41) is 12.4. The predicted octanol–water partition coefficient (Wildman–Crippen LogP) is 5.15. The van der Waals surface area contributed by atoms with Gasteiger partial charge in [0.05, 0.1) is 21.8 Å². The fourth-order valence-corrected chi connectivity index (χ4v) is 3.24. The summed E-state index contributed by atoms with van der Waals surface area (Å²) < 4.78 is 17.6. The minimum absolute atomic E-state index is 0.148. The first-order valence-electron chi connectivity index (χ1n) is 10.3. The largest absolute Gasteiger partial charge is 0.492 e. The van der Waals surface area contributed by atoms with Gasteiger partial charge < -0.3 is 19.4 Å². The molecule has 32 heavy (non-hydrogen) atoms. The van der Waals surface area contributed by atoms with Crippen LogP contribution in [0.3, 0.4) is 0 Å². The van der Waals surface area contributed by atoms with Crippen LogP contribution in [-0.4, -0.2) is 31.0 Å². The topological polar surface area (TPSA) is 80.6 Å². The van der Waals surface area contributed by atoms with Gasteiger partial charge in [-0.2, -0.15) is 5.26 Å². The standard InChI is InChI=1S/C24H26BClN2O4/c1-23(2)24(3,4)32-25(31-23)20(13-18-10-11-21(26)19(12-18)14-27)15-28-22(29)30-16-17-8-6-5-7-9-17/h5-13H,15-16H2,1-4H3,(H,28,29). The van der Waals surface area contributed by atoms with Crippen molar-refractivity contribution in [3.8, 4) is 6.07 Å². The second-order valence-corrected chi connectivity index (χ2v) is 8.98. The number of rotatable bonds is 6. The van der Waals surface area contributed by atoms with Gasteiger partial charge >= 0.3 is 13.2 Å². The Morgan fingerprint density at radius 2 is 1.81 bits per heavy atom. The number of benzene rings is 2. The molecule has 0 spiro atoms. The summed E-state index contributed by atoms with van der Waals surface area (Å²) in [6, 6.07) is 16.7. The molecule has 1 heterocycles. The van der Waals surface area contributed by atoms with Crippen molar-refractivity contribution in [1.82, 2.24) is 5.32 Å². The van der Waals surface area contributed by atoms with E-state index in [2.05, 4.69) is 11.4 Å². The molecule has 1 fully saturated rings. The van der Waals surface area contributed by atoms with Crippen molar-refractivity contribution in [3.05, 3.63) is 75.7 Å². The first-order valence-corrected chi connectivity index (χ1v) is 10.7. The number of alkyl carbamates (subject to hydrolysis) is 1. The zero-order chi connectivity index (χ0) is 23.4. The van der Waals surface area contributed by atoms with E-state index < -0.39 is 24.4 Å². The van der Waals surface area contributed by atoms with E-state index in [0.29, 0.717) is 16.1 Å². The highest BCUT2D eigenvalue weighted by molar-refractivity contribution is 6.56. The lowest BCUT2D eigenvalue weighted by Crippen LogP contribution is -2.41. The maximum atomic E-state index is 12.3. The molecule has 0 aromatic heterocycles. The molecule has 2 aromatic rings. The van der Waals surface area contributed by atoms with E-state index in [1.807, 2.05) is 64.1 Å². The van der Waals surface area contributed by atoms with Gasteiger partial charge in [0.15, 0.2) is 0 Å². The van der Waals surface area contributed by atoms with E-state index in [1.165, 1.54) is 0 Å². The Morgan fingerprint density at radius 3 is 2.44 bits per heavy atom. The minimum atomic E-state index is -0.671. The number of nitrogens with one attached hydrogen (secondary N) is 1. The Balaban J connectivity index is 1.77. The Bertz CT molecular complexity index is 1030. The highest BCUT2D eigenvalue weighted by Gasteiger charge is 2.52. The van der Waals surface area contributed by atoms with E-state index in [1.54, 1.807) is 18.2 Å². The Labute approximate surface area is 194 Å². The Kier molecular flexibility index (Phi) is 7.30. The molecule has 3 rings (SSSR count). The van der Waals surface area contributed by atoms with Gasteiger partial charge in [0.1, 0.15) is 12.7 Å². The molecule has 1 saturated heterocycles. The second-order valence-electron chi connectivity index (χ2n) is 8.57. The molecule has 0 radical (unpaired) electrons. The molecule has 0 bridgehead atoms. The number of ether oxygens (including phenoxy) is 1. The summed E-state index contributed by atoms with van der Waals surface area (Å²) in [5.41, 5.74) is 1.62. The lowest BCUT2D eigenvalue weighted by Gasteiger charge is -2.32. The summed E-state index contributed by atoms with van der Waals surface area (Å²) in [7, 11) is -0.671. The monoisotopic (exact) mass is 452 g/mol. The number of carbonyl (C=O) groups excluding carboxylic acids is 1. The molecule has 166 valence electrons. The van der Waals surface area contributed by atoms with Crippen molar-refractivity contribution in [2.75, 3.05) is 6.54 Å². The smallest absolute Gasteiger partial charge is 0.445 e. The van der Waals surface area contributed by atoms with Crippen LogP contribution >= 0.6 is 11.6 Å². The van der Waals surface area contributed by atoms with E-state index in [-0.39, 0.29) is 13.2 Å². The van der Waals surface area contributed by atoms with E-state index in [4.69, 9.17) is 25.6 Å². The molecule has 1 aliphatic rings. The summed E-state index contributed by atoms with van der Waals surface area (Å²) in [6.07, 6.45) is 1.28. The zero-order valence-corrected chi connectivity index (χ0v) is 19.4. The molecule has 0 aliphatic carbocycles. The molecule has 1 amide bonds. The first-order chi connectivity index (χ1) is 15.1. The fraction of sp³-hybridized carbons (Fsp3) is 0.333. The molecule has 6 nitrogen and oxygen atoms in total. The van der Waals surface area contributed by atoms with Crippen molar-refractivity contribution in [1.29, 1.82) is 5.26 Å². The number of hydrogen-bond donors (Lipinski definition) is 1. The predicted molar refractivity (Wildman–Crippen MR) is 125 cm³/mol. The lowest BCUT2D eigenvalue weighted by atomic mass is 9.77. The molecule has 1 N–H and O–H groups in total. The number of halogens is 1. The summed E-state index contributed by atoms with van der Waals surface area (Å²) in [5.74, 6) is 0. The van der Waals surface area contributed by atoms with Gasteiger partial charge in [0, 0.05) is 6.54 Å². The van der Waals surface area contributed by atoms with Crippen LogP contribution in [0.1, 0.15) is 44.4 Å². The van der Waals surface area contributed by atoms with Crippen molar-refractivity contribution in [2.24, 2.45) is 0 Å². The van der Waals surface area contributed by atoms with E-state index in [9.17, 15) is 10.1 Å². The maximum Gasteiger partial charge on any atom is 0.492 e. The van der Waals surface area contributed by atoms with Gasteiger partial charge in [0.25, 0.3) is 0 Å². The van der Waals surface area contributed by atoms with Gasteiger partial charge in [-0.25, -0.2) is 4.79 Å². The Morgan fingerprint density at radius 1 is 1.16 bits per heavy atom. The third-order valence-corrected chi connectivity index (χ3v) is 6.00. The van der Waals surface area contributed by atoms with Gasteiger partial charge in [-0.05, 0) is 56.4 Å². The average molecular weight is 453 g/mol. The SMILES string of the molecule is CC1(C)OB(C(=Cc2ccc(Cl)c(C#N)c2)CNC(=O)OCc2ccccc2)OC1(C)C. The van der Waals surface area contributed by atoms with E-state index in [0.717, 1.165) is 11.1 Å². The van der Waals surface area contributed by atoms with Crippen LogP contribution in [0.2, 0.25) is 5.02 Å². The van der Waals surface area contributed by atoms with Gasteiger partial charge in [-0.15, -0.1) is 0 Å². The number of carbonyl (C=O) groups is 1. The van der Waals surface area contributed by atoms with Crippen LogP contribution in [0, 0.1) is 11.3 Å². The van der Waals surface area contributed by atoms with Crippen molar-refractivity contribution in [2.45, 2.75) is 45.5 Å². The van der Waals surface area contributed by atoms with Crippen molar-refractivity contribution in [3.63, 3.8) is 0 Å². The van der Waals surface area contributed by atoms with E-state index >= 15 is 0 Å². The summed E-state index contributed by atoms with van der Waals surface area (Å²) in [6.45, 7) is 8.16. The highest BCUT2D eigenvalue weighted by Crippen LogP contribution is 2.38. The lowest BCUT2D eigenvalue weighted by molar-refractivity contribution is 0.00578. The normalized spacial score (nSPS) is 17.0. The average Bonchev–Trinajstić information content (AvgIpc) is 2.98. The molecule has 0 unspecified atom stereocenters. The maximum absolute atomic E-state index is 12.3. The summed E-state index contributed by atoms with van der Waals surface area (Å²) in [4.78, 5) is 12.3. The molecular formula is C24H26BClN2O4. The molecular weight excluding hydrogens is 427 g/mol. The molecule has 0 atom stereocenters. The van der Waals surface area contributed by atoms with Crippen LogP contribution < -0.4 is 5.32 Å². The summed E-state index contributed by atoms with van der Waals surface area (Å²) >= 11 is 6.06. The number of nitriles is 1. The molecule has 0 saturated carbocycles. The third-order valence-electron chi connectivity index (χ3n) is 5.67. The first kappa shape index (κ1) is 23.9. The fourth-order valence-electron chi connectivity index (χ4n) is 3.08. The highest BCUT2D eigenvalue weighted by atomic mass is 35.5. The van der Waals surface area contributed by atoms with Crippen LogP contribution in [0.25, 0.3) is 6.08 Å². The molecule has 1 aliphatic heterocycles. The number of hydrogen-bond acceptors (Lipinski definition) is 5. The van der Waals surface area contributed by atoms with Gasteiger partial charge in [-0.3, -0.25) is 0 Å². The minimum Gasteiger partial charge on any atom is -0.445 e. The third kappa shape index (κ3) is 5.71. The van der Waals surface area contributed by atoms with Crippen molar-refractivity contribution < 1.29 is 18.8 Å².